The molecule has 0 spiro atoms. The summed E-state index contributed by atoms with van der Waals surface area (Å²) >= 11 is 3.45. The van der Waals surface area contributed by atoms with Gasteiger partial charge in [0.25, 0.3) is 0 Å². The van der Waals surface area contributed by atoms with Gasteiger partial charge in [-0.05, 0) is 58.7 Å². The maximum Gasteiger partial charge on any atom is 0.124 e. The number of rotatable bonds is 2. The number of nitriles is 1. The highest BCUT2D eigenvalue weighted by Gasteiger charge is 2.06. The molecule has 0 aliphatic carbocycles. The van der Waals surface area contributed by atoms with E-state index in [1.54, 1.807) is 6.07 Å². The van der Waals surface area contributed by atoms with Crippen molar-refractivity contribution in [3.63, 3.8) is 0 Å². The van der Waals surface area contributed by atoms with Crippen molar-refractivity contribution >= 4 is 27.3 Å². The molecule has 4 heteroatoms. The van der Waals surface area contributed by atoms with Crippen LogP contribution in [-0.2, 0) is 0 Å². The van der Waals surface area contributed by atoms with E-state index < -0.39 is 5.82 Å². The van der Waals surface area contributed by atoms with Gasteiger partial charge >= 0.3 is 0 Å². The van der Waals surface area contributed by atoms with Crippen LogP contribution in [0.1, 0.15) is 11.1 Å². The van der Waals surface area contributed by atoms with Gasteiger partial charge < -0.3 is 5.32 Å². The summed E-state index contributed by atoms with van der Waals surface area (Å²) in [6, 6.07) is 11.9. The Morgan fingerprint density at radius 2 is 1.89 bits per heavy atom. The molecule has 0 unspecified atom stereocenters. The maximum absolute atomic E-state index is 13.0. The fraction of sp³-hybridized carbons (Fsp3) is 0.0714. The number of nitrogens with zero attached hydrogens (tertiary/aromatic N) is 1. The molecular weight excluding hydrogens is 295 g/mol. The van der Waals surface area contributed by atoms with Crippen LogP contribution >= 0.6 is 15.9 Å². The van der Waals surface area contributed by atoms with Crippen LogP contribution in [0.5, 0.6) is 0 Å². The average Bonchev–Trinajstić information content (AvgIpc) is 2.34. The molecular formula is C14H10BrFN2. The van der Waals surface area contributed by atoms with Gasteiger partial charge in [0, 0.05) is 4.47 Å². The standard InChI is InChI=1S/C14H10BrFN2/c1-9-2-4-14(12(15)6-9)18-13-5-3-11(16)7-10(13)8-17/h2-7,18H,1H3. The first-order chi connectivity index (χ1) is 8.60. The number of anilines is 2. The van der Waals surface area contributed by atoms with E-state index in [2.05, 4.69) is 21.2 Å². The zero-order valence-electron chi connectivity index (χ0n) is 9.67. The molecule has 2 aromatic carbocycles. The lowest BCUT2D eigenvalue weighted by molar-refractivity contribution is 0.627. The normalized spacial score (nSPS) is 9.89. The van der Waals surface area contributed by atoms with Crippen LogP contribution in [0.2, 0.25) is 0 Å². The number of hydrogen-bond donors (Lipinski definition) is 1. The van der Waals surface area contributed by atoms with Gasteiger partial charge in [-0.3, -0.25) is 0 Å². The minimum atomic E-state index is -0.417. The summed E-state index contributed by atoms with van der Waals surface area (Å²) in [5.74, 6) is -0.417. The summed E-state index contributed by atoms with van der Waals surface area (Å²) < 4.78 is 13.9. The Bertz CT molecular complexity index is 632. The summed E-state index contributed by atoms with van der Waals surface area (Å²) in [6.07, 6.45) is 0. The minimum Gasteiger partial charge on any atom is -0.354 e. The second-order valence-corrected chi connectivity index (χ2v) is 4.76. The van der Waals surface area contributed by atoms with Crippen LogP contribution in [0.15, 0.2) is 40.9 Å². The Morgan fingerprint density at radius 1 is 1.17 bits per heavy atom. The highest BCUT2D eigenvalue weighted by molar-refractivity contribution is 9.10. The van der Waals surface area contributed by atoms with Crippen LogP contribution in [0.4, 0.5) is 15.8 Å². The largest absolute Gasteiger partial charge is 0.354 e. The van der Waals surface area contributed by atoms with E-state index in [-0.39, 0.29) is 5.56 Å². The molecule has 1 N–H and O–H groups in total. The number of hydrogen-bond acceptors (Lipinski definition) is 2. The van der Waals surface area contributed by atoms with Crippen molar-refractivity contribution in [3.05, 3.63) is 57.8 Å². The molecule has 0 aliphatic heterocycles. The van der Waals surface area contributed by atoms with Crippen molar-refractivity contribution in [2.75, 3.05) is 5.32 Å². The molecule has 0 saturated heterocycles. The fourth-order valence-corrected chi connectivity index (χ4v) is 2.18. The van der Waals surface area contributed by atoms with E-state index in [0.717, 1.165) is 15.7 Å². The third-order valence-corrected chi connectivity index (χ3v) is 3.15. The zero-order valence-corrected chi connectivity index (χ0v) is 11.3. The smallest absolute Gasteiger partial charge is 0.124 e. The molecule has 0 bridgehead atoms. The lowest BCUT2D eigenvalue weighted by Crippen LogP contribution is -1.95. The van der Waals surface area contributed by atoms with Crippen molar-refractivity contribution in [1.82, 2.24) is 0 Å². The predicted molar refractivity (Wildman–Crippen MR) is 73.3 cm³/mol. The Hall–Kier alpha value is -1.86. The van der Waals surface area contributed by atoms with Crippen molar-refractivity contribution in [2.24, 2.45) is 0 Å². The molecule has 0 amide bonds. The van der Waals surface area contributed by atoms with E-state index in [1.807, 2.05) is 31.2 Å². The van der Waals surface area contributed by atoms with E-state index in [1.165, 1.54) is 12.1 Å². The van der Waals surface area contributed by atoms with Gasteiger partial charge in [0.2, 0.25) is 0 Å². The van der Waals surface area contributed by atoms with E-state index in [9.17, 15) is 4.39 Å². The summed E-state index contributed by atoms with van der Waals surface area (Å²) in [6.45, 7) is 1.99. The van der Waals surface area contributed by atoms with Gasteiger partial charge in [-0.2, -0.15) is 5.26 Å². The molecule has 2 nitrogen and oxygen atoms in total. The van der Waals surface area contributed by atoms with Crippen LogP contribution in [0.25, 0.3) is 0 Å². The van der Waals surface area contributed by atoms with Crippen molar-refractivity contribution in [1.29, 1.82) is 5.26 Å². The Kier molecular flexibility index (Phi) is 3.63. The Labute approximate surface area is 113 Å². The maximum atomic E-state index is 13.0. The Balaban J connectivity index is 2.37. The van der Waals surface area contributed by atoms with Crippen LogP contribution < -0.4 is 5.32 Å². The van der Waals surface area contributed by atoms with Crippen molar-refractivity contribution < 1.29 is 4.39 Å². The van der Waals surface area contributed by atoms with E-state index in [0.29, 0.717) is 5.69 Å². The molecule has 0 aliphatic rings. The lowest BCUT2D eigenvalue weighted by atomic mass is 10.1. The summed E-state index contributed by atoms with van der Waals surface area (Å²) in [7, 11) is 0. The van der Waals surface area contributed by atoms with Gasteiger partial charge in [0.1, 0.15) is 11.9 Å². The predicted octanol–water partition coefficient (Wildman–Crippen LogP) is 4.51. The average molecular weight is 305 g/mol. The van der Waals surface area contributed by atoms with E-state index >= 15 is 0 Å². The number of nitrogens with one attached hydrogen (secondary N) is 1. The molecule has 2 aromatic rings. The lowest BCUT2D eigenvalue weighted by Gasteiger charge is -2.10. The van der Waals surface area contributed by atoms with Crippen LogP contribution in [0, 0.1) is 24.1 Å². The van der Waals surface area contributed by atoms with Crippen molar-refractivity contribution in [2.45, 2.75) is 6.92 Å². The highest BCUT2D eigenvalue weighted by atomic mass is 79.9. The van der Waals surface area contributed by atoms with Crippen LogP contribution in [0.3, 0.4) is 0 Å². The molecule has 90 valence electrons. The van der Waals surface area contributed by atoms with Gasteiger partial charge in [-0.25, -0.2) is 4.39 Å². The second kappa shape index (κ2) is 5.19. The first-order valence-electron chi connectivity index (χ1n) is 5.33. The molecule has 2 rings (SSSR count). The van der Waals surface area contributed by atoms with Gasteiger partial charge in [-0.15, -0.1) is 0 Å². The molecule has 0 atom stereocenters. The topological polar surface area (TPSA) is 35.8 Å². The summed E-state index contributed by atoms with van der Waals surface area (Å²) in [5.41, 5.74) is 2.83. The fourth-order valence-electron chi connectivity index (χ4n) is 1.58. The molecule has 0 fully saturated rings. The molecule has 0 heterocycles. The second-order valence-electron chi connectivity index (χ2n) is 3.91. The molecule has 0 saturated carbocycles. The van der Waals surface area contributed by atoms with Crippen LogP contribution in [-0.4, -0.2) is 0 Å². The van der Waals surface area contributed by atoms with Crippen molar-refractivity contribution in [3.8, 4) is 6.07 Å². The quantitative estimate of drug-likeness (QED) is 0.886. The molecule has 0 radical (unpaired) electrons. The SMILES string of the molecule is Cc1ccc(Nc2ccc(F)cc2C#N)c(Br)c1. The third-order valence-electron chi connectivity index (χ3n) is 2.50. The molecule has 18 heavy (non-hydrogen) atoms. The number of benzene rings is 2. The highest BCUT2D eigenvalue weighted by Crippen LogP contribution is 2.28. The number of aryl methyl sites for hydroxylation is 1. The molecule has 0 aromatic heterocycles. The Morgan fingerprint density at radius 3 is 2.56 bits per heavy atom. The van der Waals surface area contributed by atoms with E-state index in [4.69, 9.17) is 5.26 Å². The monoisotopic (exact) mass is 304 g/mol. The summed E-state index contributed by atoms with van der Waals surface area (Å²) in [5, 5.41) is 12.1. The van der Waals surface area contributed by atoms with Gasteiger partial charge in [0.05, 0.1) is 16.9 Å². The first kappa shape index (κ1) is 12.6. The minimum absolute atomic E-state index is 0.280. The number of halogens is 2. The van der Waals surface area contributed by atoms with Gasteiger partial charge in [-0.1, -0.05) is 6.07 Å². The third kappa shape index (κ3) is 2.69. The van der Waals surface area contributed by atoms with Gasteiger partial charge in [0.15, 0.2) is 0 Å². The summed E-state index contributed by atoms with van der Waals surface area (Å²) in [4.78, 5) is 0. The first-order valence-corrected chi connectivity index (χ1v) is 6.12. The zero-order chi connectivity index (χ0) is 13.1.